The van der Waals surface area contributed by atoms with E-state index in [0.717, 1.165) is 43.9 Å². The Morgan fingerprint density at radius 1 is 1.36 bits per heavy atom. The van der Waals surface area contributed by atoms with Crippen LogP contribution in [0.2, 0.25) is 18.1 Å². The molecule has 1 aliphatic rings. The molecule has 0 atom stereocenters. The lowest BCUT2D eigenvalue weighted by molar-refractivity contribution is 0.0593. The van der Waals surface area contributed by atoms with Crippen molar-refractivity contribution in [2.45, 2.75) is 58.8 Å². The Bertz CT molecular complexity index is 638. The van der Waals surface area contributed by atoms with E-state index in [-0.39, 0.29) is 11.0 Å². The zero-order chi connectivity index (χ0) is 18.8. The highest BCUT2D eigenvalue weighted by atomic mass is 28.4. The average Bonchev–Trinajstić information content (AvgIpc) is 2.52. The number of pyridine rings is 1. The quantitative estimate of drug-likeness (QED) is 0.591. The van der Waals surface area contributed by atoms with Gasteiger partial charge in [0.15, 0.2) is 8.32 Å². The van der Waals surface area contributed by atoms with Crippen molar-refractivity contribution < 1.29 is 14.0 Å². The Balaban J connectivity index is 2.01. The Morgan fingerprint density at radius 2 is 2.04 bits per heavy atom. The minimum Gasteiger partial charge on any atom is -0.464 e. The molecule has 0 spiro atoms. The highest BCUT2D eigenvalue weighted by molar-refractivity contribution is 6.74. The Hall–Kier alpha value is -1.24. The van der Waals surface area contributed by atoms with Gasteiger partial charge >= 0.3 is 5.97 Å². The summed E-state index contributed by atoms with van der Waals surface area (Å²) in [5, 5.41) is 0.232. The number of fused-ring (bicyclic) bond motifs is 1. The summed E-state index contributed by atoms with van der Waals surface area (Å²) < 4.78 is 11.1. The molecule has 0 saturated heterocycles. The van der Waals surface area contributed by atoms with E-state index in [1.165, 1.54) is 12.7 Å². The van der Waals surface area contributed by atoms with E-state index >= 15 is 0 Å². The van der Waals surface area contributed by atoms with Gasteiger partial charge in [0.2, 0.25) is 0 Å². The summed E-state index contributed by atoms with van der Waals surface area (Å²) in [6, 6.07) is 1.83. The minimum atomic E-state index is -1.70. The number of ether oxygens (including phenoxy) is 1. The molecule has 5 nitrogen and oxygen atoms in total. The Kier molecular flexibility index (Phi) is 6.07. The number of methoxy groups -OCH3 is 1. The van der Waals surface area contributed by atoms with Gasteiger partial charge in [-0.15, -0.1) is 0 Å². The second-order valence-electron chi connectivity index (χ2n) is 8.38. The van der Waals surface area contributed by atoms with Crippen molar-refractivity contribution in [3.05, 3.63) is 28.6 Å². The molecule has 0 radical (unpaired) electrons. The van der Waals surface area contributed by atoms with Gasteiger partial charge in [0.05, 0.1) is 12.8 Å². The average molecular weight is 365 g/mol. The van der Waals surface area contributed by atoms with Gasteiger partial charge in [0, 0.05) is 26.2 Å². The molecule has 6 heteroatoms. The summed E-state index contributed by atoms with van der Waals surface area (Å²) in [4.78, 5) is 18.7. The lowest BCUT2D eigenvalue weighted by Gasteiger charge is -2.37. The number of aryl methyl sites for hydroxylation is 1. The molecule has 0 fully saturated rings. The van der Waals surface area contributed by atoms with E-state index < -0.39 is 8.32 Å². The van der Waals surface area contributed by atoms with Crippen molar-refractivity contribution in [1.82, 2.24) is 9.88 Å². The molecule has 1 aromatic heterocycles. The molecule has 0 bridgehead atoms. The number of hydrogen-bond acceptors (Lipinski definition) is 5. The van der Waals surface area contributed by atoms with Crippen molar-refractivity contribution in [1.29, 1.82) is 0 Å². The van der Waals surface area contributed by atoms with Gasteiger partial charge in [-0.3, -0.25) is 4.90 Å². The number of esters is 1. The van der Waals surface area contributed by atoms with Crippen LogP contribution in [-0.2, 0) is 22.1 Å². The lowest BCUT2D eigenvalue weighted by Crippen LogP contribution is -2.43. The first-order valence-corrected chi connectivity index (χ1v) is 11.9. The molecule has 0 aliphatic carbocycles. The van der Waals surface area contributed by atoms with Crippen LogP contribution in [0.25, 0.3) is 0 Å². The normalized spacial score (nSPS) is 15.8. The minimum absolute atomic E-state index is 0.232. The maximum atomic E-state index is 11.8. The molecule has 0 unspecified atom stereocenters. The number of hydrogen-bond donors (Lipinski definition) is 0. The van der Waals surface area contributed by atoms with Crippen LogP contribution < -0.4 is 0 Å². The zero-order valence-corrected chi connectivity index (χ0v) is 17.7. The first kappa shape index (κ1) is 20.1. The number of aromatic nitrogens is 1. The molecule has 140 valence electrons. The Morgan fingerprint density at radius 3 is 2.64 bits per heavy atom. The molecule has 2 rings (SSSR count). The van der Waals surface area contributed by atoms with Crippen molar-refractivity contribution >= 4 is 14.3 Å². The Labute approximate surface area is 152 Å². The van der Waals surface area contributed by atoms with Gasteiger partial charge in [-0.1, -0.05) is 20.8 Å². The second-order valence-corrected chi connectivity index (χ2v) is 13.2. The van der Waals surface area contributed by atoms with E-state index in [1.54, 1.807) is 0 Å². The molecular formula is C19H32N2O3Si. The number of carbonyl (C=O) groups excluding carboxylic acids is 1. The van der Waals surface area contributed by atoms with Crippen LogP contribution in [0.3, 0.4) is 0 Å². The molecule has 1 aliphatic heterocycles. The summed E-state index contributed by atoms with van der Waals surface area (Å²) in [6.07, 6.45) is 0.968. The monoisotopic (exact) mass is 364 g/mol. The molecule has 2 heterocycles. The zero-order valence-electron chi connectivity index (χ0n) is 16.7. The maximum Gasteiger partial charge on any atom is 0.356 e. The van der Waals surface area contributed by atoms with Crippen molar-refractivity contribution in [3.63, 3.8) is 0 Å². The van der Waals surface area contributed by atoms with Gasteiger partial charge in [-0.25, -0.2) is 9.78 Å². The first-order valence-electron chi connectivity index (χ1n) is 8.99. The summed E-state index contributed by atoms with van der Waals surface area (Å²) in [5.74, 6) is -0.371. The molecule has 0 amide bonds. The van der Waals surface area contributed by atoms with Gasteiger partial charge in [0.25, 0.3) is 0 Å². The van der Waals surface area contributed by atoms with Crippen LogP contribution in [0, 0.1) is 6.92 Å². The van der Waals surface area contributed by atoms with Crippen molar-refractivity contribution in [2.75, 3.05) is 26.8 Å². The van der Waals surface area contributed by atoms with E-state index in [2.05, 4.69) is 43.7 Å². The molecule has 0 aromatic carbocycles. The predicted molar refractivity (Wildman–Crippen MR) is 102 cm³/mol. The number of nitrogens with zero attached hydrogens (tertiary/aromatic N) is 2. The van der Waals surface area contributed by atoms with Crippen molar-refractivity contribution in [3.8, 4) is 0 Å². The van der Waals surface area contributed by atoms with Crippen LogP contribution in [0.15, 0.2) is 6.07 Å². The molecule has 0 N–H and O–H groups in total. The smallest absolute Gasteiger partial charge is 0.356 e. The van der Waals surface area contributed by atoms with Crippen molar-refractivity contribution in [2.24, 2.45) is 0 Å². The third kappa shape index (κ3) is 4.68. The second kappa shape index (κ2) is 7.56. The third-order valence-corrected chi connectivity index (χ3v) is 10.1. The topological polar surface area (TPSA) is 51.7 Å². The summed E-state index contributed by atoms with van der Waals surface area (Å²) in [5.41, 5.74) is 3.80. The standard InChI is InChI=1S/C19H32N2O3Si/c1-14-12-16(18(22)23-5)20-17-13-21(9-8-15(14)17)10-11-24-25(6,7)19(2,3)4/h12H,8-11,13H2,1-7H3. The molecule has 25 heavy (non-hydrogen) atoms. The number of carbonyl (C=O) groups is 1. The van der Waals surface area contributed by atoms with Crippen LogP contribution >= 0.6 is 0 Å². The first-order chi connectivity index (χ1) is 11.5. The van der Waals surface area contributed by atoms with E-state index in [9.17, 15) is 4.79 Å². The SMILES string of the molecule is COC(=O)c1cc(C)c2c(n1)CN(CCO[Si](C)(C)C(C)(C)C)CC2. The van der Waals surface area contributed by atoms with Crippen LogP contribution in [0.5, 0.6) is 0 Å². The summed E-state index contributed by atoms with van der Waals surface area (Å²) in [7, 11) is -0.310. The predicted octanol–water partition coefficient (Wildman–Crippen LogP) is 3.56. The maximum absolute atomic E-state index is 11.8. The van der Waals surface area contributed by atoms with E-state index in [4.69, 9.17) is 9.16 Å². The summed E-state index contributed by atoms with van der Waals surface area (Å²) >= 11 is 0. The van der Waals surface area contributed by atoms with Crippen LogP contribution in [0.4, 0.5) is 0 Å². The van der Waals surface area contributed by atoms with Gasteiger partial charge in [0.1, 0.15) is 5.69 Å². The molecule has 1 aromatic rings. The highest BCUT2D eigenvalue weighted by Crippen LogP contribution is 2.36. The lowest BCUT2D eigenvalue weighted by atomic mass is 9.99. The van der Waals surface area contributed by atoms with Gasteiger partial charge < -0.3 is 9.16 Å². The fraction of sp³-hybridized carbons (Fsp3) is 0.684. The van der Waals surface area contributed by atoms with Gasteiger partial charge in [-0.2, -0.15) is 0 Å². The van der Waals surface area contributed by atoms with E-state index in [1.807, 2.05) is 13.0 Å². The van der Waals surface area contributed by atoms with Crippen LogP contribution in [0.1, 0.15) is 48.1 Å². The number of rotatable bonds is 5. The van der Waals surface area contributed by atoms with Gasteiger partial charge in [-0.05, 0) is 48.7 Å². The third-order valence-electron chi connectivity index (χ3n) is 5.56. The fourth-order valence-electron chi connectivity index (χ4n) is 2.84. The molecular weight excluding hydrogens is 332 g/mol. The summed E-state index contributed by atoms with van der Waals surface area (Å²) in [6.45, 7) is 16.8. The molecule has 0 saturated carbocycles. The highest BCUT2D eigenvalue weighted by Gasteiger charge is 2.37. The fourth-order valence-corrected chi connectivity index (χ4v) is 3.88. The largest absolute Gasteiger partial charge is 0.464 e. The van der Waals surface area contributed by atoms with Crippen LogP contribution in [-0.4, -0.2) is 51.0 Å². The van der Waals surface area contributed by atoms with E-state index in [0.29, 0.717) is 5.69 Å².